The van der Waals surface area contributed by atoms with Crippen LogP contribution in [-0.2, 0) is 16.4 Å². The Bertz CT molecular complexity index is 1070. The van der Waals surface area contributed by atoms with E-state index in [2.05, 4.69) is 0 Å². The molecule has 1 heterocycles. The lowest BCUT2D eigenvalue weighted by Crippen LogP contribution is -2.15. The number of rotatable bonds is 5. The molecule has 3 aromatic rings. The minimum atomic E-state index is -3.71. The largest absolute Gasteiger partial charge is 0.267 e. The standard InChI is InChI=1S/C21H18N2O2S/c1-17-9-11-21(12-10-17)26(24,25)23-16-19(8-5-13-22)15-20(23)14-18-6-3-2-4-7-18/h2-12,15-16H,14H2,1H3/b8-5-. The van der Waals surface area contributed by atoms with Crippen molar-refractivity contribution in [2.45, 2.75) is 18.2 Å². The van der Waals surface area contributed by atoms with Gasteiger partial charge >= 0.3 is 0 Å². The summed E-state index contributed by atoms with van der Waals surface area (Å²) < 4.78 is 27.5. The summed E-state index contributed by atoms with van der Waals surface area (Å²) in [7, 11) is -3.71. The first-order chi connectivity index (χ1) is 12.5. The predicted octanol–water partition coefficient (Wildman–Crippen LogP) is 4.16. The Hall–Kier alpha value is -3.10. The van der Waals surface area contributed by atoms with Gasteiger partial charge in [-0.05, 0) is 42.3 Å². The van der Waals surface area contributed by atoms with Crippen LogP contribution in [0.3, 0.4) is 0 Å². The second-order valence-electron chi connectivity index (χ2n) is 6.00. The highest BCUT2D eigenvalue weighted by molar-refractivity contribution is 7.90. The molecular weight excluding hydrogens is 344 g/mol. The highest BCUT2D eigenvalue weighted by Crippen LogP contribution is 2.22. The molecule has 2 aromatic carbocycles. The molecule has 0 saturated heterocycles. The quantitative estimate of drug-likeness (QED) is 0.640. The maximum atomic E-state index is 13.1. The zero-order valence-corrected chi connectivity index (χ0v) is 15.1. The van der Waals surface area contributed by atoms with Crippen molar-refractivity contribution in [3.63, 3.8) is 0 Å². The average Bonchev–Trinajstić information content (AvgIpc) is 3.05. The van der Waals surface area contributed by atoms with Crippen LogP contribution in [0.5, 0.6) is 0 Å². The number of aryl methyl sites for hydroxylation is 1. The van der Waals surface area contributed by atoms with E-state index in [9.17, 15) is 8.42 Å². The van der Waals surface area contributed by atoms with Gasteiger partial charge in [0.15, 0.2) is 0 Å². The van der Waals surface area contributed by atoms with Gasteiger partial charge in [0.1, 0.15) is 0 Å². The number of hydrogen-bond donors (Lipinski definition) is 0. The van der Waals surface area contributed by atoms with Gasteiger partial charge < -0.3 is 0 Å². The maximum Gasteiger partial charge on any atom is 0.267 e. The molecule has 3 rings (SSSR count). The molecule has 0 aliphatic rings. The van der Waals surface area contributed by atoms with Crippen molar-refractivity contribution < 1.29 is 8.42 Å². The summed E-state index contributed by atoms with van der Waals surface area (Å²) >= 11 is 0. The molecular formula is C21H18N2O2S. The molecule has 0 fully saturated rings. The van der Waals surface area contributed by atoms with E-state index in [0.29, 0.717) is 17.7 Å². The molecule has 130 valence electrons. The molecule has 26 heavy (non-hydrogen) atoms. The van der Waals surface area contributed by atoms with E-state index < -0.39 is 10.0 Å². The van der Waals surface area contributed by atoms with Crippen LogP contribution < -0.4 is 0 Å². The van der Waals surface area contributed by atoms with E-state index in [0.717, 1.165) is 11.1 Å². The van der Waals surface area contributed by atoms with Crippen LogP contribution in [-0.4, -0.2) is 12.4 Å². The number of nitrogens with zero attached hydrogens (tertiary/aromatic N) is 2. The Morgan fingerprint density at radius 1 is 1.08 bits per heavy atom. The Kier molecular flexibility index (Phi) is 5.06. The molecule has 0 amide bonds. The number of aromatic nitrogens is 1. The summed E-state index contributed by atoms with van der Waals surface area (Å²) in [5, 5.41) is 8.74. The van der Waals surface area contributed by atoms with Crippen molar-refractivity contribution in [1.29, 1.82) is 5.26 Å². The highest BCUT2D eigenvalue weighted by Gasteiger charge is 2.20. The number of benzene rings is 2. The highest BCUT2D eigenvalue weighted by atomic mass is 32.2. The van der Waals surface area contributed by atoms with Gasteiger partial charge in [0.2, 0.25) is 0 Å². The monoisotopic (exact) mass is 362 g/mol. The average molecular weight is 362 g/mol. The summed E-state index contributed by atoms with van der Waals surface area (Å²) in [5.74, 6) is 0. The molecule has 0 atom stereocenters. The van der Waals surface area contributed by atoms with Crippen LogP contribution >= 0.6 is 0 Å². The molecule has 0 unspecified atom stereocenters. The molecule has 0 aliphatic heterocycles. The van der Waals surface area contributed by atoms with Gasteiger partial charge in [-0.1, -0.05) is 48.0 Å². The third-order valence-corrected chi connectivity index (χ3v) is 5.76. The Balaban J connectivity index is 2.09. The van der Waals surface area contributed by atoms with Gasteiger partial charge in [-0.2, -0.15) is 5.26 Å². The lowest BCUT2D eigenvalue weighted by Gasteiger charge is -2.11. The molecule has 1 aromatic heterocycles. The van der Waals surface area contributed by atoms with Crippen molar-refractivity contribution in [2.24, 2.45) is 0 Å². The molecule has 4 nitrogen and oxygen atoms in total. The first kappa shape index (κ1) is 17.7. The van der Waals surface area contributed by atoms with Crippen LogP contribution in [0.2, 0.25) is 0 Å². The third kappa shape index (κ3) is 3.76. The van der Waals surface area contributed by atoms with E-state index in [4.69, 9.17) is 5.26 Å². The van der Waals surface area contributed by atoms with Crippen molar-refractivity contribution in [3.05, 3.63) is 95.3 Å². The predicted molar refractivity (Wildman–Crippen MR) is 102 cm³/mol. The lowest BCUT2D eigenvalue weighted by atomic mass is 10.1. The SMILES string of the molecule is Cc1ccc(S(=O)(=O)n2cc(/C=C\C#N)cc2Cc2ccccc2)cc1. The van der Waals surface area contributed by atoms with Crippen LogP contribution in [0, 0.1) is 18.3 Å². The lowest BCUT2D eigenvalue weighted by molar-refractivity contribution is 0.585. The molecule has 0 spiro atoms. The molecule has 0 bridgehead atoms. The number of allylic oxidation sites excluding steroid dienone is 1. The van der Waals surface area contributed by atoms with Gasteiger partial charge in [-0.3, -0.25) is 0 Å². The Morgan fingerprint density at radius 3 is 2.42 bits per heavy atom. The van der Waals surface area contributed by atoms with Crippen molar-refractivity contribution in [1.82, 2.24) is 3.97 Å². The van der Waals surface area contributed by atoms with Crippen LogP contribution in [0.25, 0.3) is 6.08 Å². The topological polar surface area (TPSA) is 62.9 Å². The van der Waals surface area contributed by atoms with Gasteiger partial charge in [0, 0.05) is 24.4 Å². The molecule has 0 N–H and O–H groups in total. The fourth-order valence-corrected chi connectivity index (χ4v) is 4.11. The molecule has 0 radical (unpaired) electrons. The van der Waals surface area contributed by atoms with Crippen LogP contribution in [0.4, 0.5) is 0 Å². The maximum absolute atomic E-state index is 13.1. The smallest absolute Gasteiger partial charge is 0.245 e. The van der Waals surface area contributed by atoms with Gasteiger partial charge in [0.05, 0.1) is 11.0 Å². The van der Waals surface area contributed by atoms with Crippen LogP contribution in [0.15, 0.2) is 77.8 Å². The van der Waals surface area contributed by atoms with Crippen molar-refractivity contribution in [2.75, 3.05) is 0 Å². The van der Waals surface area contributed by atoms with E-state index in [1.165, 1.54) is 10.0 Å². The van der Waals surface area contributed by atoms with Crippen molar-refractivity contribution >= 4 is 16.1 Å². The summed E-state index contributed by atoms with van der Waals surface area (Å²) in [5.41, 5.74) is 3.34. The van der Waals surface area contributed by atoms with E-state index >= 15 is 0 Å². The fourth-order valence-electron chi connectivity index (χ4n) is 2.72. The number of nitriles is 1. The van der Waals surface area contributed by atoms with Gasteiger partial charge in [0.25, 0.3) is 10.0 Å². The first-order valence-corrected chi connectivity index (χ1v) is 9.58. The normalized spacial score (nSPS) is 11.5. The second-order valence-corrected chi connectivity index (χ2v) is 7.82. The zero-order valence-electron chi connectivity index (χ0n) is 14.3. The fraction of sp³-hybridized carbons (Fsp3) is 0.0952. The zero-order chi connectivity index (χ0) is 18.6. The van der Waals surface area contributed by atoms with E-state index in [-0.39, 0.29) is 4.90 Å². The molecule has 5 heteroatoms. The minimum Gasteiger partial charge on any atom is -0.245 e. The van der Waals surface area contributed by atoms with Gasteiger partial charge in [-0.15, -0.1) is 0 Å². The summed E-state index contributed by atoms with van der Waals surface area (Å²) in [6.07, 6.45) is 4.98. The first-order valence-electron chi connectivity index (χ1n) is 8.14. The summed E-state index contributed by atoms with van der Waals surface area (Å²) in [6.45, 7) is 1.91. The Labute approximate surface area is 153 Å². The minimum absolute atomic E-state index is 0.240. The van der Waals surface area contributed by atoms with E-state index in [1.54, 1.807) is 42.6 Å². The second kappa shape index (κ2) is 7.42. The van der Waals surface area contributed by atoms with Crippen LogP contribution in [0.1, 0.15) is 22.4 Å². The summed E-state index contributed by atoms with van der Waals surface area (Å²) in [4.78, 5) is 0.240. The molecule has 0 saturated carbocycles. The number of hydrogen-bond acceptors (Lipinski definition) is 3. The van der Waals surface area contributed by atoms with E-state index in [1.807, 2.05) is 43.3 Å². The van der Waals surface area contributed by atoms with Crippen molar-refractivity contribution in [3.8, 4) is 6.07 Å². The molecule has 0 aliphatic carbocycles. The Morgan fingerprint density at radius 2 is 1.77 bits per heavy atom. The third-order valence-electron chi connectivity index (χ3n) is 4.04. The van der Waals surface area contributed by atoms with Gasteiger partial charge in [-0.25, -0.2) is 12.4 Å². The summed E-state index contributed by atoms with van der Waals surface area (Å²) in [6, 6.07) is 20.2.